The number of amides is 1. The third-order valence-corrected chi connectivity index (χ3v) is 5.87. The smallest absolute Gasteiger partial charge is 0.220 e. The van der Waals surface area contributed by atoms with Crippen molar-refractivity contribution >= 4 is 5.91 Å². The lowest BCUT2D eigenvalue weighted by Crippen LogP contribution is -2.44. The number of benzene rings is 1. The fourth-order valence-electron chi connectivity index (χ4n) is 3.88. The van der Waals surface area contributed by atoms with Gasteiger partial charge < -0.3 is 15.2 Å². The largest absolute Gasteiger partial charge is 0.396 e. The van der Waals surface area contributed by atoms with Crippen molar-refractivity contribution in [2.45, 2.75) is 51.9 Å². The van der Waals surface area contributed by atoms with Crippen LogP contribution in [0, 0.1) is 17.2 Å². The summed E-state index contributed by atoms with van der Waals surface area (Å²) in [7, 11) is 0. The molecule has 1 unspecified atom stereocenters. The lowest BCUT2D eigenvalue weighted by Gasteiger charge is -2.35. The minimum atomic E-state index is -0.270. The zero-order chi connectivity index (χ0) is 19.0. The molecular weight excluding hydrogens is 333 g/mol. The molecule has 5 heteroatoms. The number of carbonyl (C=O) groups excluding carboxylic acids is 1. The normalized spacial score (nSPS) is 17.9. The maximum atomic E-state index is 13.3. The highest BCUT2D eigenvalue weighted by molar-refractivity contribution is 5.77. The van der Waals surface area contributed by atoms with Gasteiger partial charge in [-0.2, -0.15) is 0 Å². The molecule has 0 saturated carbocycles. The number of nitrogens with one attached hydrogen (secondary N) is 1. The second-order valence-electron chi connectivity index (χ2n) is 7.49. The Balaban J connectivity index is 2.02. The highest BCUT2D eigenvalue weighted by Gasteiger charge is 2.33. The Morgan fingerprint density at radius 1 is 1.23 bits per heavy atom. The maximum absolute atomic E-state index is 13.3. The number of aliphatic hydroxyl groups is 1. The fraction of sp³-hybridized carbons (Fsp3) is 0.667. The lowest BCUT2D eigenvalue weighted by molar-refractivity contribution is -0.123. The Morgan fingerprint density at radius 3 is 2.38 bits per heavy atom. The SMILES string of the molecule is CCC(CC)C(CC(=O)NCC1(CO)CCOCC1)c1ccc(F)cc1. The molecule has 2 N–H and O–H groups in total. The van der Waals surface area contributed by atoms with Gasteiger partial charge in [0.2, 0.25) is 5.91 Å². The van der Waals surface area contributed by atoms with E-state index in [9.17, 15) is 14.3 Å². The van der Waals surface area contributed by atoms with Gasteiger partial charge in [-0.25, -0.2) is 4.39 Å². The van der Waals surface area contributed by atoms with Crippen LogP contribution < -0.4 is 5.32 Å². The van der Waals surface area contributed by atoms with Gasteiger partial charge in [-0.1, -0.05) is 38.8 Å². The van der Waals surface area contributed by atoms with Crippen LogP contribution in [0.4, 0.5) is 4.39 Å². The van der Waals surface area contributed by atoms with Crippen molar-refractivity contribution < 1.29 is 19.0 Å². The van der Waals surface area contributed by atoms with Crippen LogP contribution in [0.3, 0.4) is 0 Å². The van der Waals surface area contributed by atoms with Gasteiger partial charge >= 0.3 is 0 Å². The van der Waals surface area contributed by atoms with E-state index in [0.717, 1.165) is 31.2 Å². The number of hydrogen-bond donors (Lipinski definition) is 2. The van der Waals surface area contributed by atoms with E-state index in [0.29, 0.717) is 32.1 Å². The monoisotopic (exact) mass is 365 g/mol. The molecule has 1 aromatic rings. The van der Waals surface area contributed by atoms with E-state index < -0.39 is 0 Å². The number of halogens is 1. The van der Waals surface area contributed by atoms with Crippen LogP contribution in [0.25, 0.3) is 0 Å². The molecule has 0 bridgehead atoms. The molecule has 1 aromatic carbocycles. The maximum Gasteiger partial charge on any atom is 0.220 e. The van der Waals surface area contributed by atoms with Crippen molar-refractivity contribution in [3.05, 3.63) is 35.6 Å². The standard InChI is InChI=1S/C21H32FNO3/c1-3-16(4-2)19(17-5-7-18(22)8-6-17)13-20(25)23-14-21(15-24)9-11-26-12-10-21/h5-8,16,19,24H,3-4,9-15H2,1-2H3,(H,23,25). The molecule has 1 heterocycles. The van der Waals surface area contributed by atoms with E-state index in [4.69, 9.17) is 4.74 Å². The van der Waals surface area contributed by atoms with E-state index in [1.165, 1.54) is 12.1 Å². The van der Waals surface area contributed by atoms with Crippen molar-refractivity contribution in [2.75, 3.05) is 26.4 Å². The lowest BCUT2D eigenvalue weighted by atomic mass is 9.79. The number of rotatable bonds is 9. The molecule has 1 aliphatic heterocycles. The van der Waals surface area contributed by atoms with Gasteiger partial charge in [0.25, 0.3) is 0 Å². The van der Waals surface area contributed by atoms with Gasteiger partial charge in [-0.3, -0.25) is 4.79 Å². The topological polar surface area (TPSA) is 58.6 Å². The number of ether oxygens (including phenoxy) is 1. The first-order valence-corrected chi connectivity index (χ1v) is 9.74. The Bertz CT molecular complexity index is 551. The molecule has 4 nitrogen and oxygen atoms in total. The Labute approximate surface area is 156 Å². The van der Waals surface area contributed by atoms with Crippen molar-refractivity contribution in [3.8, 4) is 0 Å². The molecule has 1 fully saturated rings. The van der Waals surface area contributed by atoms with Crippen LogP contribution in [0.15, 0.2) is 24.3 Å². The Morgan fingerprint density at radius 2 is 1.85 bits per heavy atom. The first-order chi connectivity index (χ1) is 12.5. The Kier molecular flexibility index (Phi) is 8.04. The average Bonchev–Trinajstić information content (AvgIpc) is 2.68. The van der Waals surface area contributed by atoms with Crippen molar-refractivity contribution in [2.24, 2.45) is 11.3 Å². The predicted octanol–water partition coefficient (Wildman–Crippen LogP) is 3.64. The number of carbonyl (C=O) groups is 1. The van der Waals surface area contributed by atoms with Gasteiger partial charge in [-0.05, 0) is 42.4 Å². The summed E-state index contributed by atoms with van der Waals surface area (Å²) in [5, 5.41) is 12.8. The average molecular weight is 365 g/mol. The van der Waals surface area contributed by atoms with E-state index in [1.807, 2.05) is 0 Å². The van der Waals surface area contributed by atoms with Crippen molar-refractivity contribution in [3.63, 3.8) is 0 Å². The molecule has 1 amide bonds. The molecule has 0 aromatic heterocycles. The van der Waals surface area contributed by atoms with Gasteiger partial charge in [-0.15, -0.1) is 0 Å². The second kappa shape index (κ2) is 10.0. The summed E-state index contributed by atoms with van der Waals surface area (Å²) in [4.78, 5) is 12.6. The van der Waals surface area contributed by atoms with E-state index >= 15 is 0 Å². The zero-order valence-electron chi connectivity index (χ0n) is 16.0. The molecule has 146 valence electrons. The van der Waals surface area contributed by atoms with Crippen LogP contribution >= 0.6 is 0 Å². The molecule has 1 atom stereocenters. The van der Waals surface area contributed by atoms with Crippen LogP contribution in [0.2, 0.25) is 0 Å². The van der Waals surface area contributed by atoms with Crippen LogP contribution in [0.5, 0.6) is 0 Å². The summed E-state index contributed by atoms with van der Waals surface area (Å²) in [6, 6.07) is 6.51. The zero-order valence-corrected chi connectivity index (χ0v) is 16.0. The first-order valence-electron chi connectivity index (χ1n) is 9.74. The van der Waals surface area contributed by atoms with Gasteiger partial charge in [0.15, 0.2) is 0 Å². The van der Waals surface area contributed by atoms with Crippen molar-refractivity contribution in [1.29, 1.82) is 0 Å². The summed E-state index contributed by atoms with van der Waals surface area (Å²) in [5.74, 6) is 0.183. The van der Waals surface area contributed by atoms with E-state index in [2.05, 4.69) is 19.2 Å². The van der Waals surface area contributed by atoms with Gasteiger partial charge in [0.05, 0.1) is 6.61 Å². The van der Waals surface area contributed by atoms with Crippen molar-refractivity contribution in [1.82, 2.24) is 5.32 Å². The number of hydrogen-bond acceptors (Lipinski definition) is 3. The summed E-state index contributed by atoms with van der Waals surface area (Å²) >= 11 is 0. The van der Waals surface area contributed by atoms with Crippen LogP contribution in [-0.2, 0) is 9.53 Å². The first kappa shape index (κ1) is 20.8. The summed E-state index contributed by atoms with van der Waals surface area (Å²) < 4.78 is 18.6. The minimum absolute atomic E-state index is 0.00876. The summed E-state index contributed by atoms with van der Waals surface area (Å²) in [5.41, 5.74) is 0.743. The quantitative estimate of drug-likeness (QED) is 0.702. The molecule has 2 rings (SSSR count). The predicted molar refractivity (Wildman–Crippen MR) is 100 cm³/mol. The summed E-state index contributed by atoms with van der Waals surface area (Å²) in [6.07, 6.45) is 3.86. The van der Waals surface area contributed by atoms with Crippen LogP contribution in [-0.4, -0.2) is 37.4 Å². The molecule has 1 saturated heterocycles. The number of aliphatic hydroxyl groups excluding tert-OH is 1. The third-order valence-electron chi connectivity index (χ3n) is 5.87. The highest BCUT2D eigenvalue weighted by atomic mass is 19.1. The minimum Gasteiger partial charge on any atom is -0.396 e. The van der Waals surface area contributed by atoms with Gasteiger partial charge in [0.1, 0.15) is 5.82 Å². The second-order valence-corrected chi connectivity index (χ2v) is 7.49. The molecule has 0 aliphatic carbocycles. The molecule has 0 radical (unpaired) electrons. The molecular formula is C21H32FNO3. The third kappa shape index (κ3) is 5.52. The van der Waals surface area contributed by atoms with E-state index in [-0.39, 0.29) is 29.7 Å². The Hall–Kier alpha value is -1.46. The fourth-order valence-corrected chi connectivity index (χ4v) is 3.88. The highest BCUT2D eigenvalue weighted by Crippen LogP contribution is 2.33. The molecule has 1 aliphatic rings. The summed E-state index contributed by atoms with van der Waals surface area (Å²) in [6.45, 7) is 6.05. The van der Waals surface area contributed by atoms with Crippen LogP contribution in [0.1, 0.15) is 57.4 Å². The van der Waals surface area contributed by atoms with Gasteiger partial charge in [0, 0.05) is 31.6 Å². The van der Waals surface area contributed by atoms with E-state index in [1.54, 1.807) is 12.1 Å². The molecule has 0 spiro atoms. The molecule has 26 heavy (non-hydrogen) atoms.